The van der Waals surface area contributed by atoms with E-state index in [2.05, 4.69) is 15.5 Å². The van der Waals surface area contributed by atoms with Gasteiger partial charge in [0, 0.05) is 41.9 Å². The fourth-order valence-electron chi connectivity index (χ4n) is 3.78. The van der Waals surface area contributed by atoms with E-state index in [0.29, 0.717) is 35.8 Å². The van der Waals surface area contributed by atoms with Crippen LogP contribution >= 0.6 is 0 Å². The number of hydrogen-bond acceptors (Lipinski definition) is 5. The van der Waals surface area contributed by atoms with E-state index in [1.54, 1.807) is 13.2 Å². The van der Waals surface area contributed by atoms with Crippen LogP contribution in [0.25, 0.3) is 11.3 Å². The number of piperidine rings is 1. The first-order valence-electron chi connectivity index (χ1n) is 10.7. The summed E-state index contributed by atoms with van der Waals surface area (Å²) < 4.78 is 5.05. The third kappa shape index (κ3) is 4.94. The molecule has 0 saturated carbocycles. The summed E-state index contributed by atoms with van der Waals surface area (Å²) in [4.78, 5) is 27.4. The maximum absolute atomic E-state index is 13.0. The molecule has 2 heterocycles. The summed E-state index contributed by atoms with van der Waals surface area (Å²) in [5.74, 6) is 0.359. The number of aryl methyl sites for hydroxylation is 1. The first-order valence-corrected chi connectivity index (χ1v) is 10.7. The van der Waals surface area contributed by atoms with Crippen molar-refractivity contribution in [2.24, 2.45) is 0 Å². The van der Waals surface area contributed by atoms with E-state index in [1.807, 2.05) is 66.4 Å². The molecule has 7 nitrogen and oxygen atoms in total. The minimum atomic E-state index is -0.0666. The van der Waals surface area contributed by atoms with Gasteiger partial charge in [0.05, 0.1) is 12.8 Å². The van der Waals surface area contributed by atoms with Gasteiger partial charge in [-0.25, -0.2) is 0 Å². The SMILES string of the molecule is COc1ccc(-c2cccc(C(=O)N3CCC(NC(=O)c4ccc(C)cc4)CC3)c2)nn1. The van der Waals surface area contributed by atoms with Gasteiger partial charge in [-0.2, -0.15) is 0 Å². The Hall–Kier alpha value is -3.74. The predicted octanol–water partition coefficient (Wildman–Crippen LogP) is 3.50. The molecule has 3 aromatic rings. The first-order chi connectivity index (χ1) is 15.5. The van der Waals surface area contributed by atoms with E-state index in [0.717, 1.165) is 24.0 Å². The Labute approximate surface area is 187 Å². The summed E-state index contributed by atoms with van der Waals surface area (Å²) in [6.07, 6.45) is 1.46. The number of methoxy groups -OCH3 is 1. The summed E-state index contributed by atoms with van der Waals surface area (Å²) in [6, 6.07) is 18.6. The number of benzene rings is 2. The molecule has 164 valence electrons. The Morgan fingerprint density at radius 2 is 1.72 bits per heavy atom. The molecule has 0 radical (unpaired) electrons. The molecule has 1 aromatic heterocycles. The molecule has 1 saturated heterocycles. The minimum absolute atomic E-state index is 0.0170. The van der Waals surface area contributed by atoms with Gasteiger partial charge in [0.25, 0.3) is 11.8 Å². The first kappa shape index (κ1) is 21.5. The molecule has 0 bridgehead atoms. The second kappa shape index (κ2) is 9.60. The molecule has 0 unspecified atom stereocenters. The summed E-state index contributed by atoms with van der Waals surface area (Å²) in [7, 11) is 1.54. The van der Waals surface area contributed by atoms with Crippen LogP contribution in [0, 0.1) is 6.92 Å². The number of nitrogens with one attached hydrogen (secondary N) is 1. The number of rotatable bonds is 5. The van der Waals surface area contributed by atoms with Gasteiger partial charge in [-0.05, 0) is 50.1 Å². The second-order valence-electron chi connectivity index (χ2n) is 7.95. The maximum Gasteiger partial charge on any atom is 0.253 e. The van der Waals surface area contributed by atoms with E-state index in [9.17, 15) is 9.59 Å². The van der Waals surface area contributed by atoms with Crippen molar-refractivity contribution >= 4 is 11.8 Å². The van der Waals surface area contributed by atoms with Crippen molar-refractivity contribution in [3.63, 3.8) is 0 Å². The summed E-state index contributed by atoms with van der Waals surface area (Å²) in [5.41, 5.74) is 3.90. The van der Waals surface area contributed by atoms with Crippen molar-refractivity contribution < 1.29 is 14.3 Å². The van der Waals surface area contributed by atoms with Crippen LogP contribution in [0.3, 0.4) is 0 Å². The molecular formula is C25H26N4O3. The molecule has 2 amide bonds. The Morgan fingerprint density at radius 1 is 0.969 bits per heavy atom. The van der Waals surface area contributed by atoms with Crippen LogP contribution in [-0.2, 0) is 0 Å². The Kier molecular flexibility index (Phi) is 6.44. The predicted molar refractivity (Wildman–Crippen MR) is 122 cm³/mol. The molecule has 4 rings (SSSR count). The highest BCUT2D eigenvalue weighted by molar-refractivity contribution is 5.96. The molecular weight excluding hydrogens is 404 g/mol. The molecule has 1 N–H and O–H groups in total. The van der Waals surface area contributed by atoms with Crippen LogP contribution in [0.4, 0.5) is 0 Å². The average Bonchev–Trinajstić information content (AvgIpc) is 2.84. The van der Waals surface area contributed by atoms with E-state index < -0.39 is 0 Å². The lowest BCUT2D eigenvalue weighted by atomic mass is 10.0. The standard InChI is InChI=1S/C25H26N4O3/c1-17-6-8-18(9-7-17)24(30)26-21-12-14-29(15-13-21)25(31)20-5-3-4-19(16-20)22-10-11-23(32-2)28-27-22/h3-11,16,21H,12-15H2,1-2H3,(H,26,30). The Morgan fingerprint density at radius 3 is 2.38 bits per heavy atom. The van der Waals surface area contributed by atoms with Gasteiger partial charge in [-0.15, -0.1) is 10.2 Å². The van der Waals surface area contributed by atoms with Crippen LogP contribution < -0.4 is 10.1 Å². The van der Waals surface area contributed by atoms with Crippen molar-refractivity contribution in [2.45, 2.75) is 25.8 Å². The molecule has 1 aliphatic heterocycles. The number of hydrogen-bond donors (Lipinski definition) is 1. The lowest BCUT2D eigenvalue weighted by Gasteiger charge is -2.32. The summed E-state index contributed by atoms with van der Waals surface area (Å²) >= 11 is 0. The fraction of sp³-hybridized carbons (Fsp3) is 0.280. The molecule has 32 heavy (non-hydrogen) atoms. The molecule has 0 atom stereocenters. The minimum Gasteiger partial charge on any atom is -0.480 e. The van der Waals surface area contributed by atoms with E-state index in [4.69, 9.17) is 4.74 Å². The maximum atomic E-state index is 13.0. The number of ether oxygens (including phenoxy) is 1. The molecule has 0 spiro atoms. The van der Waals surface area contributed by atoms with Gasteiger partial charge in [-0.1, -0.05) is 29.8 Å². The van der Waals surface area contributed by atoms with E-state index >= 15 is 0 Å². The van der Waals surface area contributed by atoms with Crippen LogP contribution in [0.5, 0.6) is 5.88 Å². The highest BCUT2D eigenvalue weighted by atomic mass is 16.5. The quantitative estimate of drug-likeness (QED) is 0.670. The summed E-state index contributed by atoms with van der Waals surface area (Å²) in [6.45, 7) is 3.20. The summed E-state index contributed by atoms with van der Waals surface area (Å²) in [5, 5.41) is 11.2. The van der Waals surface area contributed by atoms with E-state index in [1.165, 1.54) is 0 Å². The Balaban J connectivity index is 1.36. The number of amides is 2. The smallest absolute Gasteiger partial charge is 0.253 e. The number of aromatic nitrogens is 2. The highest BCUT2D eigenvalue weighted by Gasteiger charge is 2.25. The van der Waals surface area contributed by atoms with Crippen molar-refractivity contribution in [3.05, 3.63) is 77.4 Å². The van der Waals surface area contributed by atoms with Gasteiger partial charge in [0.15, 0.2) is 0 Å². The second-order valence-corrected chi connectivity index (χ2v) is 7.95. The topological polar surface area (TPSA) is 84.4 Å². The van der Waals surface area contributed by atoms with Gasteiger partial charge >= 0.3 is 0 Å². The number of nitrogens with zero attached hydrogens (tertiary/aromatic N) is 3. The molecule has 0 aliphatic carbocycles. The van der Waals surface area contributed by atoms with E-state index in [-0.39, 0.29) is 17.9 Å². The monoisotopic (exact) mass is 430 g/mol. The van der Waals surface area contributed by atoms with Gasteiger partial charge in [0.2, 0.25) is 5.88 Å². The number of carbonyl (C=O) groups is 2. The molecule has 7 heteroatoms. The fourth-order valence-corrected chi connectivity index (χ4v) is 3.78. The molecule has 1 fully saturated rings. The lowest BCUT2D eigenvalue weighted by Crippen LogP contribution is -2.46. The van der Waals surface area contributed by atoms with Gasteiger partial charge in [0.1, 0.15) is 0 Å². The highest BCUT2D eigenvalue weighted by Crippen LogP contribution is 2.21. The molecule has 1 aliphatic rings. The van der Waals surface area contributed by atoms with Crippen LogP contribution in [0.2, 0.25) is 0 Å². The van der Waals surface area contributed by atoms with Crippen molar-refractivity contribution in [2.75, 3.05) is 20.2 Å². The van der Waals surface area contributed by atoms with Crippen molar-refractivity contribution in [3.8, 4) is 17.1 Å². The zero-order chi connectivity index (χ0) is 22.5. The largest absolute Gasteiger partial charge is 0.480 e. The third-order valence-corrected chi connectivity index (χ3v) is 5.69. The van der Waals surface area contributed by atoms with Gasteiger partial charge in [-0.3, -0.25) is 9.59 Å². The van der Waals surface area contributed by atoms with Crippen molar-refractivity contribution in [1.82, 2.24) is 20.4 Å². The normalized spacial score (nSPS) is 14.1. The lowest BCUT2D eigenvalue weighted by molar-refractivity contribution is 0.0698. The molecule has 2 aromatic carbocycles. The van der Waals surface area contributed by atoms with Crippen LogP contribution in [0.15, 0.2) is 60.7 Å². The van der Waals surface area contributed by atoms with Crippen LogP contribution in [0.1, 0.15) is 39.1 Å². The number of likely N-dealkylation sites (tertiary alicyclic amines) is 1. The third-order valence-electron chi connectivity index (χ3n) is 5.69. The zero-order valence-electron chi connectivity index (χ0n) is 18.2. The zero-order valence-corrected chi connectivity index (χ0v) is 18.2. The van der Waals surface area contributed by atoms with Crippen molar-refractivity contribution in [1.29, 1.82) is 0 Å². The Bertz CT molecular complexity index is 1090. The number of carbonyl (C=O) groups excluding carboxylic acids is 2. The van der Waals surface area contributed by atoms with Crippen LogP contribution in [-0.4, -0.2) is 53.2 Å². The van der Waals surface area contributed by atoms with Gasteiger partial charge < -0.3 is 15.0 Å². The average molecular weight is 431 g/mol.